The van der Waals surface area contributed by atoms with Gasteiger partial charge < -0.3 is 0 Å². The van der Waals surface area contributed by atoms with Crippen LogP contribution in [0.2, 0.25) is 0 Å². The van der Waals surface area contributed by atoms with E-state index in [2.05, 4.69) is 94.4 Å². The van der Waals surface area contributed by atoms with E-state index in [1.807, 2.05) is 0 Å². The minimum Gasteiger partial charge on any atom is -0.0804 e. The number of allylic oxidation sites excluding steroid dienone is 4. The maximum atomic E-state index is 2.43. The second-order valence-corrected chi connectivity index (χ2v) is 6.64. The van der Waals surface area contributed by atoms with Gasteiger partial charge in [0.2, 0.25) is 0 Å². The summed E-state index contributed by atoms with van der Waals surface area (Å²) in [5.41, 5.74) is 7.24. The van der Waals surface area contributed by atoms with E-state index in [1.165, 1.54) is 35.1 Å². The SMILES string of the molecule is CC/C=C(\c1ccccc1)C(CCC)/C(CC)=C(\C)c1ccccc1. The van der Waals surface area contributed by atoms with Crippen LogP contribution in [0.5, 0.6) is 0 Å². The summed E-state index contributed by atoms with van der Waals surface area (Å²) in [7, 11) is 0. The van der Waals surface area contributed by atoms with E-state index >= 15 is 0 Å². The average Bonchev–Trinajstić information content (AvgIpc) is 2.67. The first-order valence-corrected chi connectivity index (χ1v) is 9.73. The lowest BCUT2D eigenvalue weighted by atomic mass is 9.79. The molecule has 1 atom stereocenters. The van der Waals surface area contributed by atoms with Crippen LogP contribution in [0.3, 0.4) is 0 Å². The van der Waals surface area contributed by atoms with Crippen LogP contribution in [0.25, 0.3) is 11.1 Å². The molecule has 0 bridgehead atoms. The lowest BCUT2D eigenvalue weighted by Crippen LogP contribution is -2.09. The molecule has 0 aromatic heterocycles. The Bertz CT molecular complexity index is 689. The Balaban J connectivity index is 2.55. The quantitative estimate of drug-likeness (QED) is 0.463. The molecule has 2 aromatic rings. The van der Waals surface area contributed by atoms with Gasteiger partial charge in [-0.15, -0.1) is 0 Å². The summed E-state index contributed by atoms with van der Waals surface area (Å²) in [5, 5.41) is 0. The highest BCUT2D eigenvalue weighted by Crippen LogP contribution is 2.38. The molecule has 0 saturated carbocycles. The van der Waals surface area contributed by atoms with Crippen LogP contribution in [0.4, 0.5) is 0 Å². The van der Waals surface area contributed by atoms with Crippen LogP contribution in [-0.2, 0) is 0 Å². The molecule has 0 aliphatic rings. The third-order valence-electron chi connectivity index (χ3n) is 4.97. The Morgan fingerprint density at radius 2 is 1.40 bits per heavy atom. The second-order valence-electron chi connectivity index (χ2n) is 6.64. The zero-order valence-corrected chi connectivity index (χ0v) is 16.3. The molecule has 0 aliphatic carbocycles. The first-order valence-electron chi connectivity index (χ1n) is 9.73. The maximum Gasteiger partial charge on any atom is 0.00566 e. The van der Waals surface area contributed by atoms with Gasteiger partial charge in [-0.3, -0.25) is 0 Å². The highest BCUT2D eigenvalue weighted by atomic mass is 14.2. The minimum atomic E-state index is 0.498. The predicted octanol–water partition coefficient (Wildman–Crippen LogP) is 7.78. The second kappa shape index (κ2) is 10.0. The molecule has 0 nitrogen and oxygen atoms in total. The van der Waals surface area contributed by atoms with Gasteiger partial charge in [0.1, 0.15) is 0 Å². The van der Waals surface area contributed by atoms with Gasteiger partial charge in [0.15, 0.2) is 0 Å². The third-order valence-corrected chi connectivity index (χ3v) is 4.97. The average molecular weight is 333 g/mol. The molecule has 0 fully saturated rings. The van der Waals surface area contributed by atoms with Crippen molar-refractivity contribution in [3.63, 3.8) is 0 Å². The zero-order valence-electron chi connectivity index (χ0n) is 16.3. The fraction of sp³-hybridized carbons (Fsp3) is 0.360. The first kappa shape index (κ1) is 19.2. The maximum absolute atomic E-state index is 2.43. The molecule has 132 valence electrons. The Morgan fingerprint density at radius 3 is 1.88 bits per heavy atom. The molecule has 1 unspecified atom stereocenters. The van der Waals surface area contributed by atoms with E-state index in [0.717, 1.165) is 12.8 Å². The molecule has 0 spiro atoms. The van der Waals surface area contributed by atoms with E-state index in [-0.39, 0.29) is 0 Å². The van der Waals surface area contributed by atoms with Gasteiger partial charge in [-0.05, 0) is 48.5 Å². The van der Waals surface area contributed by atoms with Gasteiger partial charge in [-0.2, -0.15) is 0 Å². The summed E-state index contributed by atoms with van der Waals surface area (Å²) < 4.78 is 0. The summed E-state index contributed by atoms with van der Waals surface area (Å²) >= 11 is 0. The Hall–Kier alpha value is -2.08. The molecule has 0 heteroatoms. The summed E-state index contributed by atoms with van der Waals surface area (Å²) in [6, 6.07) is 21.8. The number of hydrogen-bond donors (Lipinski definition) is 0. The topological polar surface area (TPSA) is 0 Å². The van der Waals surface area contributed by atoms with Gasteiger partial charge >= 0.3 is 0 Å². The lowest BCUT2D eigenvalue weighted by Gasteiger charge is -2.26. The van der Waals surface area contributed by atoms with Crippen molar-refractivity contribution in [3.8, 4) is 0 Å². The minimum absolute atomic E-state index is 0.498. The molecular weight excluding hydrogens is 300 g/mol. The summed E-state index contributed by atoms with van der Waals surface area (Å²) in [6.45, 7) is 9.14. The lowest BCUT2D eigenvalue weighted by molar-refractivity contribution is 0.654. The van der Waals surface area contributed by atoms with Crippen LogP contribution in [0.15, 0.2) is 72.3 Å². The van der Waals surface area contributed by atoms with Gasteiger partial charge in [-0.1, -0.05) is 99.5 Å². The van der Waals surface area contributed by atoms with Crippen LogP contribution in [0.1, 0.15) is 64.5 Å². The molecule has 2 aromatic carbocycles. The first-order chi connectivity index (χ1) is 12.2. The molecule has 0 N–H and O–H groups in total. The molecule has 0 radical (unpaired) electrons. The van der Waals surface area contributed by atoms with Gasteiger partial charge in [0.05, 0.1) is 0 Å². The highest BCUT2D eigenvalue weighted by Gasteiger charge is 2.20. The van der Waals surface area contributed by atoms with Gasteiger partial charge in [0.25, 0.3) is 0 Å². The van der Waals surface area contributed by atoms with Crippen LogP contribution < -0.4 is 0 Å². The van der Waals surface area contributed by atoms with Gasteiger partial charge in [-0.25, -0.2) is 0 Å². The Labute approximate surface area is 154 Å². The molecule has 25 heavy (non-hydrogen) atoms. The van der Waals surface area contributed by atoms with Crippen LogP contribution >= 0.6 is 0 Å². The zero-order chi connectivity index (χ0) is 18.1. The molecule has 0 aliphatic heterocycles. The monoisotopic (exact) mass is 332 g/mol. The number of benzene rings is 2. The smallest absolute Gasteiger partial charge is 0.00566 e. The van der Waals surface area contributed by atoms with Crippen molar-refractivity contribution >= 4 is 11.1 Å². The van der Waals surface area contributed by atoms with E-state index < -0.39 is 0 Å². The Morgan fingerprint density at radius 1 is 0.840 bits per heavy atom. The van der Waals surface area contributed by atoms with Crippen molar-refractivity contribution in [2.24, 2.45) is 5.92 Å². The highest BCUT2D eigenvalue weighted by molar-refractivity contribution is 5.76. The summed E-state index contributed by atoms with van der Waals surface area (Å²) in [5.74, 6) is 0.498. The van der Waals surface area contributed by atoms with E-state index in [0.29, 0.717) is 5.92 Å². The predicted molar refractivity (Wildman–Crippen MR) is 112 cm³/mol. The number of hydrogen-bond acceptors (Lipinski definition) is 0. The molecule has 0 heterocycles. The molecular formula is C25H32. The normalized spacial score (nSPS) is 14.2. The van der Waals surface area contributed by atoms with E-state index in [9.17, 15) is 0 Å². The van der Waals surface area contributed by atoms with Crippen molar-refractivity contribution < 1.29 is 0 Å². The summed E-state index contributed by atoms with van der Waals surface area (Å²) in [4.78, 5) is 0. The number of rotatable bonds is 8. The molecule has 0 amide bonds. The van der Waals surface area contributed by atoms with Crippen molar-refractivity contribution in [3.05, 3.63) is 83.4 Å². The molecule has 2 rings (SSSR count). The largest absolute Gasteiger partial charge is 0.0804 e. The van der Waals surface area contributed by atoms with E-state index in [1.54, 1.807) is 5.57 Å². The standard InChI is InChI=1S/C25H32/c1-5-14-24(22-18-12-9-13-19-22)25(15-6-2)23(7-3)20(4)21-16-10-8-11-17-21/h8-14,16-19,25H,5-7,15H2,1-4H3/b23-20+,24-14+. The van der Waals surface area contributed by atoms with Crippen LogP contribution in [-0.4, -0.2) is 0 Å². The van der Waals surface area contributed by atoms with E-state index in [4.69, 9.17) is 0 Å². The van der Waals surface area contributed by atoms with Gasteiger partial charge in [0, 0.05) is 5.92 Å². The fourth-order valence-electron chi connectivity index (χ4n) is 3.76. The summed E-state index contributed by atoms with van der Waals surface area (Å²) in [6.07, 6.45) is 7.01. The fourth-order valence-corrected chi connectivity index (χ4v) is 3.76. The van der Waals surface area contributed by atoms with Crippen molar-refractivity contribution in [2.75, 3.05) is 0 Å². The van der Waals surface area contributed by atoms with Crippen LogP contribution in [0, 0.1) is 5.92 Å². The van der Waals surface area contributed by atoms with Crippen molar-refractivity contribution in [2.45, 2.75) is 53.4 Å². The Kier molecular flexibility index (Phi) is 7.73. The molecule has 0 saturated heterocycles. The van der Waals surface area contributed by atoms with Crippen molar-refractivity contribution in [1.29, 1.82) is 0 Å². The van der Waals surface area contributed by atoms with Crippen molar-refractivity contribution in [1.82, 2.24) is 0 Å². The third kappa shape index (κ3) is 4.95.